The Hall–Kier alpha value is -3.19. The summed E-state index contributed by atoms with van der Waals surface area (Å²) in [5.74, 6) is 0.895. The van der Waals surface area contributed by atoms with Crippen LogP contribution in [0.15, 0.2) is 36.4 Å². The highest BCUT2D eigenvalue weighted by molar-refractivity contribution is 6.31. The van der Waals surface area contributed by atoms with Crippen LogP contribution in [0.4, 0.5) is 27.5 Å². The molecule has 2 aromatic carbocycles. The van der Waals surface area contributed by atoms with Gasteiger partial charge in [0.2, 0.25) is 5.95 Å². The predicted molar refractivity (Wildman–Crippen MR) is 127 cm³/mol. The topological polar surface area (TPSA) is 58.9 Å². The van der Waals surface area contributed by atoms with Crippen LogP contribution in [0.1, 0.15) is 29.8 Å². The SMILES string of the molecule is Cc1c2ccc(N(C)c3nc(Nc4ccc(F)c(Cl)c4)nc4c3CCCC4)cc2nn1C. The molecule has 0 atom stereocenters. The number of halogens is 2. The third-order valence-electron chi connectivity index (χ3n) is 6.16. The summed E-state index contributed by atoms with van der Waals surface area (Å²) in [6.07, 6.45) is 4.09. The summed E-state index contributed by atoms with van der Waals surface area (Å²) in [5.41, 5.74) is 5.98. The van der Waals surface area contributed by atoms with Crippen LogP contribution < -0.4 is 10.2 Å². The Bertz CT molecular complexity index is 1330. The van der Waals surface area contributed by atoms with Crippen molar-refractivity contribution in [1.82, 2.24) is 19.7 Å². The van der Waals surface area contributed by atoms with Crippen LogP contribution in [0.5, 0.6) is 0 Å². The van der Waals surface area contributed by atoms with Crippen molar-refractivity contribution in [3.63, 3.8) is 0 Å². The van der Waals surface area contributed by atoms with Crippen molar-refractivity contribution in [2.75, 3.05) is 17.3 Å². The third-order valence-corrected chi connectivity index (χ3v) is 6.45. The number of nitrogens with zero attached hydrogens (tertiary/aromatic N) is 5. The fourth-order valence-electron chi connectivity index (χ4n) is 4.26. The number of nitrogens with one attached hydrogen (secondary N) is 1. The highest BCUT2D eigenvalue weighted by Crippen LogP contribution is 2.34. The summed E-state index contributed by atoms with van der Waals surface area (Å²) >= 11 is 5.95. The van der Waals surface area contributed by atoms with Crippen LogP contribution in [0.2, 0.25) is 5.02 Å². The predicted octanol–water partition coefficient (Wildman–Crippen LogP) is 5.85. The Morgan fingerprint density at radius 1 is 1.09 bits per heavy atom. The average Bonchev–Trinajstić information content (AvgIpc) is 3.08. The number of benzene rings is 2. The molecule has 4 aromatic rings. The molecule has 1 aliphatic rings. The van der Waals surface area contributed by atoms with Crippen LogP contribution >= 0.6 is 11.6 Å². The lowest BCUT2D eigenvalue weighted by atomic mass is 9.96. The summed E-state index contributed by atoms with van der Waals surface area (Å²) < 4.78 is 15.5. The Morgan fingerprint density at radius 2 is 1.91 bits per heavy atom. The van der Waals surface area contributed by atoms with Gasteiger partial charge in [0.05, 0.1) is 16.2 Å². The monoisotopic (exact) mass is 450 g/mol. The quantitative estimate of drug-likeness (QED) is 0.422. The lowest BCUT2D eigenvalue weighted by molar-refractivity contribution is 0.628. The number of rotatable bonds is 4. The first kappa shape index (κ1) is 20.7. The molecule has 6 nitrogen and oxygen atoms in total. The Kier molecular flexibility index (Phi) is 5.21. The first-order valence-corrected chi connectivity index (χ1v) is 11.1. The first-order chi connectivity index (χ1) is 15.4. The number of hydrogen-bond acceptors (Lipinski definition) is 5. The van der Waals surface area contributed by atoms with Crippen LogP contribution in [-0.2, 0) is 19.9 Å². The minimum Gasteiger partial charge on any atom is -0.329 e. The molecule has 2 heterocycles. The zero-order valence-corrected chi connectivity index (χ0v) is 19.0. The van der Waals surface area contributed by atoms with Gasteiger partial charge in [0.25, 0.3) is 0 Å². The first-order valence-electron chi connectivity index (χ1n) is 10.7. The van der Waals surface area contributed by atoms with Crippen LogP contribution in [0, 0.1) is 12.7 Å². The van der Waals surface area contributed by atoms with Crippen molar-refractivity contribution in [2.45, 2.75) is 32.6 Å². The minimum atomic E-state index is -0.454. The van der Waals surface area contributed by atoms with E-state index in [0.717, 1.165) is 59.5 Å². The highest BCUT2D eigenvalue weighted by atomic mass is 35.5. The van der Waals surface area contributed by atoms with E-state index >= 15 is 0 Å². The normalized spacial score (nSPS) is 13.3. The minimum absolute atomic E-state index is 0.0595. The van der Waals surface area contributed by atoms with Gasteiger partial charge in [-0.15, -0.1) is 0 Å². The standard InChI is InChI=1S/C24H24ClFN6/c1-14-17-10-9-16(13-22(17)30-32(14)3)31(2)23-18-6-4-5-7-21(18)28-24(29-23)27-15-8-11-20(26)19(25)12-15/h8-13H,4-7H2,1-3H3,(H,27,28,29). The van der Waals surface area contributed by atoms with Crippen molar-refractivity contribution >= 4 is 45.6 Å². The Morgan fingerprint density at radius 3 is 2.72 bits per heavy atom. The molecule has 5 rings (SSSR count). The van der Waals surface area contributed by atoms with E-state index in [0.29, 0.717) is 11.6 Å². The van der Waals surface area contributed by atoms with Gasteiger partial charge < -0.3 is 10.2 Å². The number of aryl methyl sites for hydroxylation is 3. The molecule has 2 aromatic heterocycles. The van der Waals surface area contributed by atoms with Crippen molar-refractivity contribution in [1.29, 1.82) is 0 Å². The van der Waals surface area contributed by atoms with Gasteiger partial charge in [-0.3, -0.25) is 4.68 Å². The number of fused-ring (bicyclic) bond motifs is 2. The zero-order chi connectivity index (χ0) is 22.4. The molecule has 0 saturated carbocycles. The second kappa shape index (κ2) is 8.06. The summed E-state index contributed by atoms with van der Waals surface area (Å²) in [7, 11) is 3.98. The molecular weight excluding hydrogens is 427 g/mol. The molecule has 164 valence electrons. The van der Waals surface area contributed by atoms with E-state index in [1.807, 2.05) is 18.8 Å². The molecule has 0 bridgehead atoms. The van der Waals surface area contributed by atoms with Gasteiger partial charge in [0, 0.05) is 42.1 Å². The van der Waals surface area contributed by atoms with Gasteiger partial charge in [-0.2, -0.15) is 10.1 Å². The third kappa shape index (κ3) is 3.66. The lowest BCUT2D eigenvalue weighted by Crippen LogP contribution is -2.19. The van der Waals surface area contributed by atoms with E-state index in [2.05, 4.69) is 40.4 Å². The maximum Gasteiger partial charge on any atom is 0.229 e. The second-order valence-corrected chi connectivity index (χ2v) is 8.63. The zero-order valence-electron chi connectivity index (χ0n) is 18.3. The molecule has 0 fully saturated rings. The Labute approximate surface area is 191 Å². The van der Waals surface area contributed by atoms with E-state index in [-0.39, 0.29) is 5.02 Å². The Balaban J connectivity index is 1.56. The van der Waals surface area contributed by atoms with Crippen molar-refractivity contribution in [3.05, 3.63) is 64.2 Å². The van der Waals surface area contributed by atoms with E-state index in [4.69, 9.17) is 21.6 Å². The fourth-order valence-corrected chi connectivity index (χ4v) is 4.44. The van der Waals surface area contributed by atoms with E-state index in [1.165, 1.54) is 11.6 Å². The summed E-state index contributed by atoms with van der Waals surface area (Å²) in [6, 6.07) is 10.8. The van der Waals surface area contributed by atoms with Gasteiger partial charge >= 0.3 is 0 Å². The molecule has 0 spiro atoms. The van der Waals surface area contributed by atoms with Crippen molar-refractivity contribution in [3.8, 4) is 0 Å². The maximum atomic E-state index is 13.6. The molecule has 0 aliphatic heterocycles. The highest BCUT2D eigenvalue weighted by Gasteiger charge is 2.22. The molecule has 8 heteroatoms. The van der Waals surface area contributed by atoms with Gasteiger partial charge in [0.1, 0.15) is 11.6 Å². The summed E-state index contributed by atoms with van der Waals surface area (Å²) in [6.45, 7) is 2.07. The molecule has 0 unspecified atom stereocenters. The maximum absolute atomic E-state index is 13.6. The van der Waals surface area contributed by atoms with Gasteiger partial charge in [-0.1, -0.05) is 11.6 Å². The van der Waals surface area contributed by atoms with Gasteiger partial charge in [-0.25, -0.2) is 9.37 Å². The van der Waals surface area contributed by atoms with Crippen molar-refractivity contribution in [2.24, 2.45) is 7.05 Å². The molecule has 32 heavy (non-hydrogen) atoms. The van der Waals surface area contributed by atoms with Crippen molar-refractivity contribution < 1.29 is 4.39 Å². The van der Waals surface area contributed by atoms with Crippen LogP contribution in [0.25, 0.3) is 10.9 Å². The molecule has 1 aliphatic carbocycles. The van der Waals surface area contributed by atoms with E-state index in [9.17, 15) is 4.39 Å². The second-order valence-electron chi connectivity index (χ2n) is 8.23. The fraction of sp³-hybridized carbons (Fsp3) is 0.292. The molecular formula is C24H24ClFN6. The van der Waals surface area contributed by atoms with Crippen LogP contribution in [-0.4, -0.2) is 26.8 Å². The number of hydrogen-bond donors (Lipinski definition) is 1. The lowest BCUT2D eigenvalue weighted by Gasteiger charge is -2.26. The van der Waals surface area contributed by atoms with Crippen LogP contribution in [0.3, 0.4) is 0 Å². The number of aromatic nitrogens is 4. The largest absolute Gasteiger partial charge is 0.329 e. The summed E-state index contributed by atoms with van der Waals surface area (Å²) in [4.78, 5) is 11.7. The van der Waals surface area contributed by atoms with E-state index < -0.39 is 5.82 Å². The molecule has 0 amide bonds. The smallest absolute Gasteiger partial charge is 0.229 e. The average molecular weight is 451 g/mol. The van der Waals surface area contributed by atoms with Gasteiger partial charge in [-0.05, 0) is 69.0 Å². The molecule has 0 saturated heterocycles. The van der Waals surface area contributed by atoms with E-state index in [1.54, 1.807) is 12.1 Å². The number of anilines is 4. The van der Waals surface area contributed by atoms with Gasteiger partial charge in [0.15, 0.2) is 0 Å². The molecule has 0 radical (unpaired) electrons. The summed E-state index contributed by atoms with van der Waals surface area (Å²) in [5, 5.41) is 9.02. The molecule has 1 N–H and O–H groups in total.